The molecule has 2 atom stereocenters. The van der Waals surface area contributed by atoms with Crippen molar-refractivity contribution in [3.05, 3.63) is 16.1 Å². The first kappa shape index (κ1) is 20.9. The minimum atomic E-state index is -0.492. The Morgan fingerprint density at radius 3 is 2.57 bits per heavy atom. The fourth-order valence-electron chi connectivity index (χ4n) is 1.64. The Balaban J connectivity index is 0.00000400. The molecule has 0 saturated heterocycles. The molecule has 0 bridgehead atoms. The van der Waals surface area contributed by atoms with Gasteiger partial charge in [-0.1, -0.05) is 36.2 Å². The van der Waals surface area contributed by atoms with Crippen molar-refractivity contribution in [1.29, 1.82) is 0 Å². The molecule has 122 valence electrons. The highest BCUT2D eigenvalue weighted by atomic mass is 79.9. The smallest absolute Gasteiger partial charge is 0.408 e. The average molecular weight is 443 g/mol. The standard InChI is InChI=1S/C14H23BrN2O2S.BrH/c1-6-9(2)11(12-16-10(7-15)8-20-12)17-13(18)19-14(3,4)5;/h8-9,11H,6-7H2,1-5H3,(H,17,18);1H/p-1/t9-,11+;/m0./s1. The highest BCUT2D eigenvalue weighted by Gasteiger charge is 2.26. The third kappa shape index (κ3) is 7.10. The van der Waals surface area contributed by atoms with E-state index in [4.69, 9.17) is 4.74 Å². The van der Waals surface area contributed by atoms with Crippen LogP contribution in [-0.2, 0) is 10.1 Å². The number of hydrogen-bond donors (Lipinski definition) is 1. The van der Waals surface area contributed by atoms with E-state index in [0.717, 1.165) is 22.5 Å². The molecule has 0 radical (unpaired) electrons. The molecule has 0 spiro atoms. The summed E-state index contributed by atoms with van der Waals surface area (Å²) in [5.74, 6) is 0.303. The van der Waals surface area contributed by atoms with Crippen LogP contribution in [0.4, 0.5) is 4.79 Å². The number of alkyl carbamates (subject to hydrolysis) is 1. The van der Waals surface area contributed by atoms with Gasteiger partial charge in [-0.2, -0.15) is 0 Å². The fourth-order valence-corrected chi connectivity index (χ4v) is 3.15. The first-order chi connectivity index (χ1) is 9.26. The minimum Gasteiger partial charge on any atom is -1.00 e. The van der Waals surface area contributed by atoms with E-state index < -0.39 is 11.7 Å². The monoisotopic (exact) mass is 441 g/mol. The maximum Gasteiger partial charge on any atom is 0.408 e. The van der Waals surface area contributed by atoms with Gasteiger partial charge in [0.25, 0.3) is 0 Å². The number of alkyl halides is 1. The number of aromatic nitrogens is 1. The maximum absolute atomic E-state index is 12.0. The van der Waals surface area contributed by atoms with Gasteiger partial charge in [0.15, 0.2) is 0 Å². The van der Waals surface area contributed by atoms with Crippen molar-refractivity contribution >= 4 is 33.4 Å². The second kappa shape index (κ2) is 9.10. The molecule has 0 aliphatic carbocycles. The van der Waals surface area contributed by atoms with E-state index in [0.29, 0.717) is 5.92 Å². The SMILES string of the molecule is CC[C@H](C)[C@@H](NC(=O)OC(C)(C)C)c1nc(CBr)cs1.[Br-]. The Hall–Kier alpha value is -0.140. The van der Waals surface area contributed by atoms with Gasteiger partial charge in [0.1, 0.15) is 10.6 Å². The van der Waals surface area contributed by atoms with Gasteiger partial charge in [0.05, 0.1) is 11.7 Å². The Bertz CT molecular complexity index is 446. The summed E-state index contributed by atoms with van der Waals surface area (Å²) in [5, 5.41) is 6.62. The molecule has 0 unspecified atom stereocenters. The van der Waals surface area contributed by atoms with Crippen molar-refractivity contribution in [3.8, 4) is 0 Å². The van der Waals surface area contributed by atoms with Gasteiger partial charge < -0.3 is 27.0 Å². The van der Waals surface area contributed by atoms with Crippen LogP contribution in [0.3, 0.4) is 0 Å². The predicted octanol–water partition coefficient (Wildman–Crippen LogP) is 1.65. The molecule has 0 aliphatic heterocycles. The molecular weight excluding hydrogens is 420 g/mol. The quantitative estimate of drug-likeness (QED) is 0.705. The molecule has 0 aromatic carbocycles. The fraction of sp³-hybridized carbons (Fsp3) is 0.714. The average Bonchev–Trinajstić information content (AvgIpc) is 2.81. The van der Waals surface area contributed by atoms with Crippen molar-refractivity contribution in [2.24, 2.45) is 5.92 Å². The van der Waals surface area contributed by atoms with Crippen LogP contribution in [0, 0.1) is 5.92 Å². The van der Waals surface area contributed by atoms with Crippen molar-refractivity contribution in [2.45, 2.75) is 58.0 Å². The van der Waals surface area contributed by atoms with Gasteiger partial charge in [0.2, 0.25) is 0 Å². The zero-order valence-electron chi connectivity index (χ0n) is 13.1. The number of amides is 1. The van der Waals surface area contributed by atoms with Crippen LogP contribution < -0.4 is 22.3 Å². The van der Waals surface area contributed by atoms with Crippen LogP contribution in [0.15, 0.2) is 5.38 Å². The number of ether oxygens (including phenoxy) is 1. The number of nitrogens with one attached hydrogen (secondary N) is 1. The summed E-state index contributed by atoms with van der Waals surface area (Å²) in [6, 6.07) is -0.104. The number of rotatable bonds is 5. The molecule has 0 fully saturated rings. The van der Waals surface area contributed by atoms with Gasteiger partial charge >= 0.3 is 6.09 Å². The summed E-state index contributed by atoms with van der Waals surface area (Å²) in [6.07, 6.45) is 0.572. The molecule has 1 aromatic heterocycles. The summed E-state index contributed by atoms with van der Waals surface area (Å²) >= 11 is 4.97. The molecule has 4 nitrogen and oxygen atoms in total. The molecule has 1 rings (SSSR count). The molecule has 0 aliphatic rings. The van der Waals surface area contributed by atoms with Gasteiger partial charge in [0, 0.05) is 10.7 Å². The normalized spacial score (nSPS) is 14.0. The first-order valence-corrected chi connectivity index (χ1v) is 8.76. The van der Waals surface area contributed by atoms with Crippen molar-refractivity contribution in [3.63, 3.8) is 0 Å². The lowest BCUT2D eigenvalue weighted by molar-refractivity contribution is -0.0000277. The third-order valence-corrected chi connectivity index (χ3v) is 4.41. The Kier molecular flexibility index (Phi) is 9.04. The van der Waals surface area contributed by atoms with Crippen molar-refractivity contribution in [2.75, 3.05) is 0 Å². The number of halogens is 2. The predicted molar refractivity (Wildman–Crippen MR) is 86.3 cm³/mol. The van der Waals surface area contributed by atoms with E-state index >= 15 is 0 Å². The largest absolute Gasteiger partial charge is 1.00 e. The highest BCUT2D eigenvalue weighted by Crippen LogP contribution is 2.28. The van der Waals surface area contributed by atoms with E-state index in [2.05, 4.69) is 40.1 Å². The van der Waals surface area contributed by atoms with E-state index in [9.17, 15) is 4.79 Å². The Labute approximate surface area is 150 Å². The number of carbonyl (C=O) groups is 1. The molecule has 1 aromatic rings. The summed E-state index contributed by atoms with van der Waals surface area (Å²) in [6.45, 7) is 9.79. The van der Waals surface area contributed by atoms with E-state index in [-0.39, 0.29) is 23.0 Å². The molecule has 1 amide bonds. The Morgan fingerprint density at radius 1 is 1.52 bits per heavy atom. The van der Waals surface area contributed by atoms with E-state index in [1.54, 1.807) is 11.3 Å². The first-order valence-electron chi connectivity index (χ1n) is 6.76. The second-order valence-corrected chi connectivity index (χ2v) is 7.27. The van der Waals surface area contributed by atoms with E-state index in [1.165, 1.54) is 0 Å². The molecule has 7 heteroatoms. The topological polar surface area (TPSA) is 51.2 Å². The third-order valence-electron chi connectivity index (χ3n) is 2.86. The molecular formula is C14H23Br2N2O2S-. The van der Waals surface area contributed by atoms with Gasteiger partial charge in [-0.3, -0.25) is 0 Å². The van der Waals surface area contributed by atoms with Crippen LogP contribution in [-0.4, -0.2) is 16.7 Å². The number of carbonyl (C=O) groups excluding carboxylic acids is 1. The number of hydrogen-bond acceptors (Lipinski definition) is 4. The number of thiazole rings is 1. The lowest BCUT2D eigenvalue weighted by atomic mass is 10.00. The van der Waals surface area contributed by atoms with Crippen molar-refractivity contribution in [1.82, 2.24) is 10.3 Å². The molecule has 0 saturated carbocycles. The summed E-state index contributed by atoms with van der Waals surface area (Å²) in [4.78, 5) is 16.5. The van der Waals surface area contributed by atoms with Crippen LogP contribution in [0.2, 0.25) is 0 Å². The maximum atomic E-state index is 12.0. The summed E-state index contributed by atoms with van der Waals surface area (Å²) in [7, 11) is 0. The zero-order chi connectivity index (χ0) is 15.3. The molecule has 1 N–H and O–H groups in total. The van der Waals surface area contributed by atoms with Crippen LogP contribution in [0.1, 0.15) is 57.8 Å². The zero-order valence-corrected chi connectivity index (χ0v) is 17.1. The van der Waals surface area contributed by atoms with Crippen molar-refractivity contribution < 1.29 is 26.5 Å². The van der Waals surface area contributed by atoms with E-state index in [1.807, 2.05) is 26.2 Å². The molecule has 1 heterocycles. The summed E-state index contributed by atoms with van der Waals surface area (Å²) < 4.78 is 5.34. The van der Waals surface area contributed by atoms with Gasteiger partial charge in [-0.15, -0.1) is 11.3 Å². The highest BCUT2D eigenvalue weighted by molar-refractivity contribution is 9.08. The number of nitrogens with zero attached hydrogens (tertiary/aromatic N) is 1. The van der Waals surface area contributed by atoms with Crippen LogP contribution >= 0.6 is 27.3 Å². The lowest BCUT2D eigenvalue weighted by Gasteiger charge is -2.25. The summed E-state index contributed by atoms with van der Waals surface area (Å²) in [5.41, 5.74) is 0.498. The van der Waals surface area contributed by atoms with Gasteiger partial charge in [-0.05, 0) is 26.7 Å². The minimum absolute atomic E-state index is 0. The second-order valence-electron chi connectivity index (χ2n) is 5.82. The van der Waals surface area contributed by atoms with Crippen LogP contribution in [0.5, 0.6) is 0 Å². The lowest BCUT2D eigenvalue weighted by Crippen LogP contribution is -3.00. The van der Waals surface area contributed by atoms with Crippen LogP contribution in [0.25, 0.3) is 0 Å². The van der Waals surface area contributed by atoms with Gasteiger partial charge in [-0.25, -0.2) is 9.78 Å². The Morgan fingerprint density at radius 2 is 2.14 bits per heavy atom. The molecule has 21 heavy (non-hydrogen) atoms.